The lowest BCUT2D eigenvalue weighted by atomic mass is 10.1. The van der Waals surface area contributed by atoms with Crippen molar-refractivity contribution in [1.29, 1.82) is 0 Å². The van der Waals surface area contributed by atoms with E-state index in [9.17, 15) is 0 Å². The number of hydrogen-bond acceptors (Lipinski definition) is 6. The van der Waals surface area contributed by atoms with Crippen LogP contribution in [0.1, 0.15) is 43.6 Å². The molecule has 0 aliphatic carbocycles. The molecule has 1 unspecified atom stereocenters. The summed E-state index contributed by atoms with van der Waals surface area (Å²) < 4.78 is 5.42. The molecule has 0 radical (unpaired) electrons. The maximum absolute atomic E-state index is 5.42. The predicted octanol–water partition coefficient (Wildman–Crippen LogP) is 4.72. The zero-order valence-electron chi connectivity index (χ0n) is 16.0. The van der Waals surface area contributed by atoms with Crippen LogP contribution in [0.3, 0.4) is 0 Å². The number of rotatable bonds is 7. The van der Waals surface area contributed by atoms with Gasteiger partial charge in [-0.3, -0.25) is 0 Å². The van der Waals surface area contributed by atoms with Gasteiger partial charge in [0.05, 0.1) is 5.92 Å². The number of anilines is 2. The largest absolute Gasteiger partial charge is 0.340 e. The Hall–Kier alpha value is -2.44. The molecule has 1 atom stereocenters. The van der Waals surface area contributed by atoms with Gasteiger partial charge in [0.15, 0.2) is 0 Å². The molecule has 148 valence electrons. The molecular formula is C21H26ClN5O. The summed E-state index contributed by atoms with van der Waals surface area (Å²) in [7, 11) is 0. The molecule has 0 bridgehead atoms. The van der Waals surface area contributed by atoms with Crippen molar-refractivity contribution in [3.63, 3.8) is 0 Å². The first-order valence-electron chi connectivity index (χ1n) is 9.68. The van der Waals surface area contributed by atoms with Crippen molar-refractivity contribution < 1.29 is 4.52 Å². The fraction of sp³-hybridized carbons (Fsp3) is 0.381. The van der Waals surface area contributed by atoms with Crippen LogP contribution in [-0.2, 0) is 6.42 Å². The Morgan fingerprint density at radius 3 is 2.71 bits per heavy atom. The second kappa shape index (κ2) is 9.66. The van der Waals surface area contributed by atoms with Gasteiger partial charge < -0.3 is 15.2 Å². The molecule has 2 N–H and O–H groups in total. The van der Waals surface area contributed by atoms with Crippen LogP contribution in [0.4, 0.5) is 11.5 Å². The summed E-state index contributed by atoms with van der Waals surface area (Å²) in [5, 5.41) is 10.8. The first-order valence-corrected chi connectivity index (χ1v) is 9.68. The minimum atomic E-state index is 0. The highest BCUT2D eigenvalue weighted by molar-refractivity contribution is 5.85. The number of halogens is 1. The minimum absolute atomic E-state index is 0. The van der Waals surface area contributed by atoms with E-state index >= 15 is 0 Å². The summed E-state index contributed by atoms with van der Waals surface area (Å²) in [5.41, 5.74) is 3.26. The normalized spacial score (nSPS) is 16.0. The van der Waals surface area contributed by atoms with Gasteiger partial charge in [0.1, 0.15) is 5.82 Å². The Kier molecular flexibility index (Phi) is 7.01. The fourth-order valence-electron chi connectivity index (χ4n) is 3.27. The highest BCUT2D eigenvalue weighted by Crippen LogP contribution is 2.24. The summed E-state index contributed by atoms with van der Waals surface area (Å²) in [6.45, 7) is 4.12. The smallest absolute Gasteiger partial charge is 0.231 e. The first-order chi connectivity index (χ1) is 13.3. The topological polar surface area (TPSA) is 75.9 Å². The van der Waals surface area contributed by atoms with Crippen LogP contribution in [0.5, 0.6) is 0 Å². The number of unbranched alkanes of at least 4 members (excludes halogenated alkanes) is 1. The molecule has 1 aromatic carbocycles. The Morgan fingerprint density at radius 1 is 1.18 bits per heavy atom. The Labute approximate surface area is 171 Å². The third-order valence-corrected chi connectivity index (χ3v) is 4.92. The van der Waals surface area contributed by atoms with E-state index in [-0.39, 0.29) is 12.4 Å². The molecule has 6 nitrogen and oxygen atoms in total. The number of nitrogens with one attached hydrogen (secondary N) is 2. The van der Waals surface area contributed by atoms with Crippen molar-refractivity contribution in [2.24, 2.45) is 0 Å². The molecule has 1 saturated heterocycles. The Morgan fingerprint density at radius 2 is 2.04 bits per heavy atom. The van der Waals surface area contributed by atoms with E-state index in [0.29, 0.717) is 17.6 Å². The van der Waals surface area contributed by atoms with E-state index < -0.39 is 0 Å². The summed E-state index contributed by atoms with van der Waals surface area (Å²) >= 11 is 0. The lowest BCUT2D eigenvalue weighted by Gasteiger charge is -2.07. The number of aryl methyl sites for hydroxylation is 1. The number of pyridine rings is 1. The third kappa shape index (κ3) is 4.88. The van der Waals surface area contributed by atoms with E-state index in [1.165, 1.54) is 18.4 Å². The average molecular weight is 400 g/mol. The molecule has 1 aliphatic heterocycles. The standard InChI is InChI=1S/C21H25N5O.ClH/c1-2-3-4-15-5-8-18(9-6-15)24-19-10-7-16(14-23-19)20-25-21(27-26-20)17-11-12-22-13-17;/h5-10,14,17,22H,2-4,11-13H2,1H3,(H,23,24);1H. The van der Waals surface area contributed by atoms with Gasteiger partial charge in [-0.2, -0.15) is 4.98 Å². The molecule has 4 rings (SSSR count). The quantitative estimate of drug-likeness (QED) is 0.598. The zero-order chi connectivity index (χ0) is 18.5. The van der Waals surface area contributed by atoms with Gasteiger partial charge in [-0.15, -0.1) is 12.4 Å². The van der Waals surface area contributed by atoms with E-state index in [0.717, 1.165) is 43.0 Å². The minimum Gasteiger partial charge on any atom is -0.340 e. The molecule has 0 spiro atoms. The van der Waals surface area contributed by atoms with Crippen molar-refractivity contribution in [2.75, 3.05) is 18.4 Å². The maximum Gasteiger partial charge on any atom is 0.231 e. The molecule has 1 fully saturated rings. The molecule has 2 aromatic heterocycles. The van der Waals surface area contributed by atoms with Crippen LogP contribution in [0, 0.1) is 0 Å². The predicted molar refractivity (Wildman–Crippen MR) is 113 cm³/mol. The zero-order valence-corrected chi connectivity index (χ0v) is 16.8. The van der Waals surface area contributed by atoms with Crippen LogP contribution in [-0.4, -0.2) is 28.2 Å². The maximum atomic E-state index is 5.42. The lowest BCUT2D eigenvalue weighted by Crippen LogP contribution is -2.08. The Bertz CT molecular complexity index is 857. The van der Waals surface area contributed by atoms with Gasteiger partial charge in [0, 0.05) is 24.0 Å². The van der Waals surface area contributed by atoms with Crippen LogP contribution >= 0.6 is 12.4 Å². The number of benzene rings is 1. The van der Waals surface area contributed by atoms with Crippen LogP contribution in [0.25, 0.3) is 11.4 Å². The van der Waals surface area contributed by atoms with E-state index in [4.69, 9.17) is 4.52 Å². The highest BCUT2D eigenvalue weighted by Gasteiger charge is 2.23. The van der Waals surface area contributed by atoms with Crippen LogP contribution in [0.2, 0.25) is 0 Å². The molecule has 1 aliphatic rings. The summed E-state index contributed by atoms with van der Waals surface area (Å²) in [5.74, 6) is 2.42. The van der Waals surface area contributed by atoms with Gasteiger partial charge in [0.2, 0.25) is 11.7 Å². The van der Waals surface area contributed by atoms with E-state index in [1.54, 1.807) is 6.20 Å². The van der Waals surface area contributed by atoms with Crippen LogP contribution in [0.15, 0.2) is 47.1 Å². The third-order valence-electron chi connectivity index (χ3n) is 4.92. The van der Waals surface area contributed by atoms with Gasteiger partial charge in [-0.25, -0.2) is 4.98 Å². The monoisotopic (exact) mass is 399 g/mol. The fourth-order valence-corrected chi connectivity index (χ4v) is 3.27. The summed E-state index contributed by atoms with van der Waals surface area (Å²) in [6.07, 6.45) is 6.40. The number of aromatic nitrogens is 3. The van der Waals surface area contributed by atoms with E-state index in [1.807, 2.05) is 12.1 Å². The summed E-state index contributed by atoms with van der Waals surface area (Å²) in [6, 6.07) is 12.4. The molecule has 28 heavy (non-hydrogen) atoms. The van der Waals surface area contributed by atoms with Crippen molar-refractivity contribution >= 4 is 23.9 Å². The van der Waals surface area contributed by atoms with Gasteiger partial charge in [-0.05, 0) is 55.6 Å². The second-order valence-electron chi connectivity index (χ2n) is 7.00. The number of nitrogens with zero attached hydrogens (tertiary/aromatic N) is 3. The average Bonchev–Trinajstić information content (AvgIpc) is 3.40. The van der Waals surface area contributed by atoms with Gasteiger partial charge in [0.25, 0.3) is 0 Å². The second-order valence-corrected chi connectivity index (χ2v) is 7.00. The van der Waals surface area contributed by atoms with E-state index in [2.05, 4.69) is 56.9 Å². The molecule has 3 heterocycles. The van der Waals surface area contributed by atoms with Gasteiger partial charge >= 0.3 is 0 Å². The molecule has 0 saturated carbocycles. The lowest BCUT2D eigenvalue weighted by molar-refractivity contribution is 0.359. The van der Waals surface area contributed by atoms with Crippen molar-refractivity contribution in [3.05, 3.63) is 54.0 Å². The Balaban J connectivity index is 0.00000225. The first kappa shape index (κ1) is 20.3. The van der Waals surface area contributed by atoms with Crippen molar-refractivity contribution in [1.82, 2.24) is 20.4 Å². The molecule has 7 heteroatoms. The molecule has 3 aromatic rings. The van der Waals surface area contributed by atoms with Gasteiger partial charge in [-0.1, -0.05) is 30.6 Å². The number of hydrogen-bond donors (Lipinski definition) is 2. The molecular weight excluding hydrogens is 374 g/mol. The SMILES string of the molecule is CCCCc1ccc(Nc2ccc(-c3noc(C4CCNC4)n3)cn2)cc1.Cl. The highest BCUT2D eigenvalue weighted by atomic mass is 35.5. The molecule has 0 amide bonds. The summed E-state index contributed by atoms with van der Waals surface area (Å²) in [4.78, 5) is 9.02. The van der Waals surface area contributed by atoms with Crippen molar-refractivity contribution in [3.8, 4) is 11.4 Å². The van der Waals surface area contributed by atoms with Crippen LogP contribution < -0.4 is 10.6 Å². The van der Waals surface area contributed by atoms with Crippen molar-refractivity contribution in [2.45, 2.75) is 38.5 Å².